The summed E-state index contributed by atoms with van der Waals surface area (Å²) >= 11 is 5.79. The van der Waals surface area contributed by atoms with E-state index in [0.717, 1.165) is 11.8 Å². The molecule has 0 unspecified atom stereocenters. The Morgan fingerprint density at radius 3 is 2.62 bits per heavy atom. The van der Waals surface area contributed by atoms with Crippen molar-refractivity contribution in [1.29, 1.82) is 0 Å². The summed E-state index contributed by atoms with van der Waals surface area (Å²) in [5, 5.41) is -0.115. The number of amides is 1. The average Bonchev–Trinajstić information content (AvgIpc) is 2.56. The van der Waals surface area contributed by atoms with E-state index in [9.17, 15) is 18.0 Å². The van der Waals surface area contributed by atoms with E-state index in [1.165, 1.54) is 4.90 Å². The van der Waals surface area contributed by atoms with E-state index in [4.69, 9.17) is 11.6 Å². The molecule has 1 aliphatic rings. The smallest absolute Gasteiger partial charge is 0.327 e. The molecule has 2 heterocycles. The van der Waals surface area contributed by atoms with E-state index in [2.05, 4.69) is 9.97 Å². The van der Waals surface area contributed by atoms with E-state index in [1.54, 1.807) is 32.2 Å². The van der Waals surface area contributed by atoms with Crippen molar-refractivity contribution < 1.29 is 18.0 Å². The topological polar surface area (TPSA) is 49.3 Å². The van der Waals surface area contributed by atoms with Gasteiger partial charge in [0.1, 0.15) is 12.2 Å². The fourth-order valence-electron chi connectivity index (χ4n) is 2.60. The maximum absolute atomic E-state index is 13.0. The Morgan fingerprint density at radius 2 is 1.96 bits per heavy atom. The van der Waals surface area contributed by atoms with Crippen molar-refractivity contribution in [2.75, 3.05) is 23.4 Å². The van der Waals surface area contributed by atoms with Gasteiger partial charge in [-0.25, -0.2) is 4.98 Å². The zero-order valence-electron chi connectivity index (χ0n) is 12.7. The number of carbonyl (C=O) groups is 1. The van der Waals surface area contributed by atoms with Gasteiger partial charge in [-0.3, -0.25) is 9.69 Å². The summed E-state index contributed by atoms with van der Waals surface area (Å²) in [6.07, 6.45) is -3.44. The van der Waals surface area contributed by atoms with Gasteiger partial charge >= 0.3 is 6.18 Å². The molecule has 0 spiro atoms. The van der Waals surface area contributed by atoms with Crippen LogP contribution in [-0.2, 0) is 0 Å². The van der Waals surface area contributed by atoms with Gasteiger partial charge in [0, 0.05) is 7.05 Å². The summed E-state index contributed by atoms with van der Waals surface area (Å²) in [5.74, 6) is -0.627. The highest BCUT2D eigenvalue weighted by Crippen LogP contribution is 2.39. The van der Waals surface area contributed by atoms with Crippen LogP contribution < -0.4 is 9.80 Å². The average molecular weight is 357 g/mol. The number of alkyl halides is 3. The van der Waals surface area contributed by atoms with Crippen LogP contribution in [0.5, 0.6) is 0 Å². The van der Waals surface area contributed by atoms with Gasteiger partial charge in [0.25, 0.3) is 5.91 Å². The van der Waals surface area contributed by atoms with E-state index >= 15 is 0 Å². The molecule has 1 aromatic carbocycles. The SMILES string of the molecule is Cc1ccc2c(c1)C(=O)N(CC(F)(F)F)c1cnc(Cl)nc1N2C. The number of aryl methyl sites for hydroxylation is 1. The number of anilines is 3. The number of nitrogens with zero attached hydrogens (tertiary/aromatic N) is 4. The molecule has 126 valence electrons. The van der Waals surface area contributed by atoms with Crippen molar-refractivity contribution in [3.8, 4) is 0 Å². The molecule has 0 saturated heterocycles. The third kappa shape index (κ3) is 2.89. The van der Waals surface area contributed by atoms with Gasteiger partial charge in [0.05, 0.1) is 17.4 Å². The van der Waals surface area contributed by atoms with Gasteiger partial charge in [0.15, 0.2) is 5.82 Å². The van der Waals surface area contributed by atoms with Crippen molar-refractivity contribution in [1.82, 2.24) is 9.97 Å². The Labute approximate surface area is 140 Å². The molecule has 24 heavy (non-hydrogen) atoms. The maximum Gasteiger partial charge on any atom is 0.406 e. The summed E-state index contributed by atoms with van der Waals surface area (Å²) in [7, 11) is 1.61. The number of rotatable bonds is 1. The van der Waals surface area contributed by atoms with E-state index in [1.807, 2.05) is 0 Å². The minimum Gasteiger partial charge on any atom is -0.327 e. The van der Waals surface area contributed by atoms with Crippen molar-refractivity contribution >= 4 is 34.7 Å². The minimum absolute atomic E-state index is 0.0434. The van der Waals surface area contributed by atoms with Crippen LogP contribution in [0.3, 0.4) is 0 Å². The molecule has 1 aliphatic heterocycles. The third-order valence-corrected chi connectivity index (χ3v) is 3.84. The van der Waals surface area contributed by atoms with Crippen molar-refractivity contribution in [2.24, 2.45) is 0 Å². The van der Waals surface area contributed by atoms with E-state index in [-0.39, 0.29) is 22.4 Å². The number of halogens is 4. The van der Waals surface area contributed by atoms with Crippen molar-refractivity contribution in [3.05, 3.63) is 40.8 Å². The first-order valence-electron chi connectivity index (χ1n) is 6.93. The standard InChI is InChI=1S/C15H12ClF3N4O/c1-8-3-4-10-9(5-8)13(24)23(7-15(17,18)19)11-6-20-14(16)21-12(11)22(10)2/h3-6H,7H2,1-2H3. The summed E-state index contributed by atoms with van der Waals surface area (Å²) in [4.78, 5) is 22.7. The molecule has 5 nitrogen and oxygen atoms in total. The first kappa shape index (κ1) is 16.5. The molecule has 0 aliphatic carbocycles. The predicted octanol–water partition coefficient (Wildman–Crippen LogP) is 3.73. The molecule has 0 atom stereocenters. The fraction of sp³-hybridized carbons (Fsp3) is 0.267. The van der Waals surface area contributed by atoms with Gasteiger partial charge in [-0.2, -0.15) is 18.2 Å². The largest absolute Gasteiger partial charge is 0.406 e. The van der Waals surface area contributed by atoms with Gasteiger partial charge in [-0.15, -0.1) is 0 Å². The summed E-state index contributed by atoms with van der Waals surface area (Å²) in [5.41, 5.74) is 1.33. The Balaban J connectivity index is 2.27. The highest BCUT2D eigenvalue weighted by atomic mass is 35.5. The second-order valence-electron chi connectivity index (χ2n) is 5.43. The van der Waals surface area contributed by atoms with Gasteiger partial charge < -0.3 is 4.90 Å². The van der Waals surface area contributed by atoms with Gasteiger partial charge in [-0.05, 0) is 30.7 Å². The second-order valence-corrected chi connectivity index (χ2v) is 5.77. The van der Waals surface area contributed by atoms with Crippen LogP contribution in [0.25, 0.3) is 0 Å². The van der Waals surface area contributed by atoms with E-state index in [0.29, 0.717) is 10.6 Å². The highest BCUT2D eigenvalue weighted by molar-refractivity contribution is 6.28. The molecule has 1 amide bonds. The lowest BCUT2D eigenvalue weighted by Gasteiger charge is -2.24. The number of hydrogen-bond donors (Lipinski definition) is 0. The van der Waals surface area contributed by atoms with E-state index < -0.39 is 18.6 Å². The molecule has 0 radical (unpaired) electrons. The van der Waals surface area contributed by atoms with Crippen LogP contribution in [0.2, 0.25) is 5.28 Å². The maximum atomic E-state index is 13.0. The Kier molecular flexibility index (Phi) is 3.87. The zero-order valence-corrected chi connectivity index (χ0v) is 13.5. The van der Waals surface area contributed by atoms with Crippen LogP contribution in [0.15, 0.2) is 24.4 Å². The molecular weight excluding hydrogens is 345 g/mol. The van der Waals surface area contributed by atoms with Crippen LogP contribution in [0, 0.1) is 6.92 Å². The predicted molar refractivity (Wildman–Crippen MR) is 84.0 cm³/mol. The Hall–Kier alpha value is -2.35. The minimum atomic E-state index is -4.57. The molecule has 9 heteroatoms. The first-order chi connectivity index (χ1) is 11.2. The third-order valence-electron chi connectivity index (χ3n) is 3.66. The van der Waals surface area contributed by atoms with Crippen LogP contribution in [-0.4, -0.2) is 35.6 Å². The Morgan fingerprint density at radius 1 is 1.25 bits per heavy atom. The number of fused-ring (bicyclic) bond motifs is 2. The number of aromatic nitrogens is 2. The fourth-order valence-corrected chi connectivity index (χ4v) is 2.73. The van der Waals surface area contributed by atoms with Crippen LogP contribution in [0.4, 0.5) is 30.4 Å². The summed E-state index contributed by atoms with van der Waals surface area (Å²) in [6, 6.07) is 4.99. The number of carbonyl (C=O) groups excluding carboxylic acids is 1. The normalized spacial score (nSPS) is 14.3. The molecule has 0 saturated carbocycles. The second kappa shape index (κ2) is 5.62. The summed E-state index contributed by atoms with van der Waals surface area (Å²) in [6.45, 7) is 0.321. The number of hydrogen-bond acceptors (Lipinski definition) is 4. The summed E-state index contributed by atoms with van der Waals surface area (Å²) < 4.78 is 39.0. The molecule has 1 aromatic heterocycles. The molecule has 0 N–H and O–H groups in total. The Bertz CT molecular complexity index is 825. The lowest BCUT2D eigenvalue weighted by Crippen LogP contribution is -2.39. The monoisotopic (exact) mass is 356 g/mol. The molecular formula is C15H12ClF3N4O. The molecule has 0 bridgehead atoms. The first-order valence-corrected chi connectivity index (χ1v) is 7.31. The van der Waals surface area contributed by atoms with Crippen LogP contribution >= 0.6 is 11.6 Å². The molecule has 0 fully saturated rings. The van der Waals surface area contributed by atoms with Crippen molar-refractivity contribution in [3.63, 3.8) is 0 Å². The van der Waals surface area contributed by atoms with Crippen molar-refractivity contribution in [2.45, 2.75) is 13.1 Å². The lowest BCUT2D eigenvalue weighted by molar-refractivity contribution is -0.118. The lowest BCUT2D eigenvalue weighted by atomic mass is 10.1. The van der Waals surface area contributed by atoms with Crippen LogP contribution in [0.1, 0.15) is 15.9 Å². The molecule has 2 aromatic rings. The molecule has 3 rings (SSSR count). The number of benzene rings is 1. The van der Waals surface area contributed by atoms with Gasteiger partial charge in [-0.1, -0.05) is 11.6 Å². The van der Waals surface area contributed by atoms with Gasteiger partial charge in [0.2, 0.25) is 5.28 Å². The quantitative estimate of drug-likeness (QED) is 0.731. The highest BCUT2D eigenvalue weighted by Gasteiger charge is 2.39. The zero-order chi connectivity index (χ0) is 17.6.